The van der Waals surface area contributed by atoms with E-state index >= 15 is 0 Å². The normalized spacial score (nSPS) is 9.55. The zero-order valence-electron chi connectivity index (χ0n) is 6.26. The van der Waals surface area contributed by atoms with E-state index in [0.29, 0.717) is 18.1 Å². The fraction of sp³-hybridized carbons (Fsp3) is 0.286. The number of rotatable bonds is 3. The van der Waals surface area contributed by atoms with Gasteiger partial charge in [-0.3, -0.25) is 4.79 Å². The van der Waals surface area contributed by atoms with Crippen molar-refractivity contribution in [1.82, 2.24) is 4.98 Å². The number of primary amides is 1. The maximum atomic E-state index is 10.6. The second-order valence-corrected chi connectivity index (χ2v) is 2.05. The monoisotopic (exact) mass is 154 g/mol. The van der Waals surface area contributed by atoms with E-state index in [4.69, 9.17) is 10.5 Å². The van der Waals surface area contributed by atoms with Gasteiger partial charge in [0, 0.05) is 12.3 Å². The number of nitrogens with two attached hydrogens (primary N) is 1. The lowest BCUT2D eigenvalue weighted by Crippen LogP contribution is -2.10. The van der Waals surface area contributed by atoms with E-state index < -0.39 is 5.91 Å². The average molecular weight is 154 g/mol. The third kappa shape index (κ3) is 1.73. The molecule has 11 heavy (non-hydrogen) atoms. The number of hydrogen-bond donors (Lipinski definition) is 2. The van der Waals surface area contributed by atoms with Crippen LogP contribution in [-0.2, 0) is 0 Å². The molecule has 0 aliphatic rings. The molecule has 1 rings (SSSR count). The molecule has 0 aliphatic carbocycles. The lowest BCUT2D eigenvalue weighted by Gasteiger charge is -1.94. The van der Waals surface area contributed by atoms with Gasteiger partial charge in [-0.1, -0.05) is 0 Å². The maximum absolute atomic E-state index is 10.6. The predicted molar refractivity (Wildman–Crippen MR) is 40.5 cm³/mol. The van der Waals surface area contributed by atoms with Gasteiger partial charge in [0.15, 0.2) is 0 Å². The van der Waals surface area contributed by atoms with Crippen molar-refractivity contribution >= 4 is 5.91 Å². The van der Waals surface area contributed by atoms with Crippen LogP contribution >= 0.6 is 0 Å². The summed E-state index contributed by atoms with van der Waals surface area (Å²) in [6, 6.07) is 1.58. The number of nitrogens with one attached hydrogen (secondary N) is 1. The van der Waals surface area contributed by atoms with Gasteiger partial charge in [-0.05, 0) is 6.92 Å². The van der Waals surface area contributed by atoms with Gasteiger partial charge >= 0.3 is 0 Å². The highest BCUT2D eigenvalue weighted by atomic mass is 16.5. The second-order valence-electron chi connectivity index (χ2n) is 2.05. The first kappa shape index (κ1) is 7.65. The van der Waals surface area contributed by atoms with E-state index in [9.17, 15) is 4.79 Å². The number of carbonyl (C=O) groups is 1. The fourth-order valence-corrected chi connectivity index (χ4v) is 0.767. The minimum atomic E-state index is -0.476. The number of aromatic nitrogens is 1. The molecular formula is C7H10N2O2. The van der Waals surface area contributed by atoms with Gasteiger partial charge in [0.1, 0.15) is 11.4 Å². The number of ether oxygens (including phenoxy) is 1. The fourth-order valence-electron chi connectivity index (χ4n) is 0.767. The van der Waals surface area contributed by atoms with Crippen molar-refractivity contribution in [1.29, 1.82) is 0 Å². The minimum Gasteiger partial charge on any atom is -0.492 e. The van der Waals surface area contributed by atoms with Gasteiger partial charge in [-0.2, -0.15) is 0 Å². The molecule has 0 atom stereocenters. The van der Waals surface area contributed by atoms with Gasteiger partial charge in [-0.15, -0.1) is 0 Å². The predicted octanol–water partition coefficient (Wildman–Crippen LogP) is 0.512. The lowest BCUT2D eigenvalue weighted by molar-refractivity contribution is 0.0996. The van der Waals surface area contributed by atoms with Gasteiger partial charge in [-0.25, -0.2) is 0 Å². The summed E-state index contributed by atoms with van der Waals surface area (Å²) in [4.78, 5) is 13.2. The maximum Gasteiger partial charge on any atom is 0.265 e. The van der Waals surface area contributed by atoms with Crippen LogP contribution in [0.5, 0.6) is 5.75 Å². The van der Waals surface area contributed by atoms with Crippen molar-refractivity contribution in [3.8, 4) is 5.75 Å². The summed E-state index contributed by atoms with van der Waals surface area (Å²) < 4.78 is 5.10. The first-order valence-corrected chi connectivity index (χ1v) is 3.35. The van der Waals surface area contributed by atoms with Crippen LogP contribution in [0, 0.1) is 0 Å². The van der Waals surface area contributed by atoms with Crippen LogP contribution in [0.2, 0.25) is 0 Å². The van der Waals surface area contributed by atoms with E-state index in [1.54, 1.807) is 12.3 Å². The summed E-state index contributed by atoms with van der Waals surface area (Å²) in [5, 5.41) is 0. The molecule has 4 heteroatoms. The van der Waals surface area contributed by atoms with Crippen LogP contribution in [0.15, 0.2) is 12.3 Å². The van der Waals surface area contributed by atoms with Crippen molar-refractivity contribution in [3.05, 3.63) is 18.0 Å². The van der Waals surface area contributed by atoms with E-state index in [1.165, 1.54) is 0 Å². The summed E-state index contributed by atoms with van der Waals surface area (Å²) in [6.07, 6.45) is 1.60. The van der Waals surface area contributed by atoms with E-state index in [1.807, 2.05) is 6.92 Å². The summed E-state index contributed by atoms with van der Waals surface area (Å²) in [5.41, 5.74) is 5.37. The van der Waals surface area contributed by atoms with Gasteiger partial charge < -0.3 is 15.5 Å². The Hall–Kier alpha value is -1.45. The molecule has 1 amide bonds. The van der Waals surface area contributed by atoms with Crippen molar-refractivity contribution < 1.29 is 9.53 Å². The summed E-state index contributed by atoms with van der Waals surface area (Å²) >= 11 is 0. The molecule has 0 spiro atoms. The Labute approximate surface area is 64.4 Å². The standard InChI is InChI=1S/C7H10N2O2/c1-2-11-5-3-6(7(8)10)9-4-5/h3-4,9H,2H2,1H3,(H2,8,10). The number of hydrogen-bond acceptors (Lipinski definition) is 2. The number of amides is 1. The molecule has 0 aliphatic heterocycles. The molecule has 1 heterocycles. The third-order valence-corrected chi connectivity index (χ3v) is 1.23. The van der Waals surface area contributed by atoms with Gasteiger partial charge in [0.2, 0.25) is 0 Å². The Morgan fingerprint density at radius 2 is 2.55 bits per heavy atom. The molecule has 0 aromatic carbocycles. The first-order valence-electron chi connectivity index (χ1n) is 3.35. The minimum absolute atomic E-state index is 0.369. The molecule has 0 bridgehead atoms. The highest BCUT2D eigenvalue weighted by molar-refractivity contribution is 5.91. The third-order valence-electron chi connectivity index (χ3n) is 1.23. The molecule has 0 fully saturated rings. The molecule has 0 radical (unpaired) electrons. The summed E-state index contributed by atoms with van der Waals surface area (Å²) in [6.45, 7) is 2.45. The second kappa shape index (κ2) is 3.09. The SMILES string of the molecule is CCOc1c[nH]c(C(N)=O)c1. The van der Waals surface area contributed by atoms with E-state index in [2.05, 4.69) is 4.98 Å². The summed E-state index contributed by atoms with van der Waals surface area (Å²) in [7, 11) is 0. The zero-order chi connectivity index (χ0) is 8.27. The van der Waals surface area contributed by atoms with Crippen molar-refractivity contribution in [2.45, 2.75) is 6.92 Å². The number of H-pyrrole nitrogens is 1. The molecule has 0 saturated heterocycles. The topological polar surface area (TPSA) is 68.1 Å². The molecule has 0 saturated carbocycles. The largest absolute Gasteiger partial charge is 0.492 e. The highest BCUT2D eigenvalue weighted by Crippen LogP contribution is 2.11. The van der Waals surface area contributed by atoms with Crippen molar-refractivity contribution in [3.63, 3.8) is 0 Å². The van der Waals surface area contributed by atoms with Crippen LogP contribution in [0.1, 0.15) is 17.4 Å². The summed E-state index contributed by atoms with van der Waals surface area (Å²) in [5.74, 6) is 0.164. The molecular weight excluding hydrogens is 144 g/mol. The van der Waals surface area contributed by atoms with E-state index in [-0.39, 0.29) is 0 Å². The first-order chi connectivity index (χ1) is 5.24. The molecule has 1 aromatic rings. The Kier molecular flexibility index (Phi) is 2.15. The van der Waals surface area contributed by atoms with Crippen LogP contribution < -0.4 is 10.5 Å². The number of aromatic amines is 1. The average Bonchev–Trinajstić information content (AvgIpc) is 2.37. The molecule has 4 nitrogen and oxygen atoms in total. The molecule has 60 valence electrons. The Bertz CT molecular complexity index is 255. The van der Waals surface area contributed by atoms with Crippen LogP contribution in [0.25, 0.3) is 0 Å². The quantitative estimate of drug-likeness (QED) is 0.666. The lowest BCUT2D eigenvalue weighted by atomic mass is 10.4. The Morgan fingerprint density at radius 1 is 1.82 bits per heavy atom. The van der Waals surface area contributed by atoms with Gasteiger partial charge in [0.25, 0.3) is 5.91 Å². The van der Waals surface area contributed by atoms with Crippen molar-refractivity contribution in [2.24, 2.45) is 5.73 Å². The van der Waals surface area contributed by atoms with Crippen LogP contribution in [0.3, 0.4) is 0 Å². The Balaban J connectivity index is 2.73. The molecule has 1 aromatic heterocycles. The highest BCUT2D eigenvalue weighted by Gasteiger charge is 2.03. The number of carbonyl (C=O) groups excluding carboxylic acids is 1. The smallest absolute Gasteiger partial charge is 0.265 e. The van der Waals surface area contributed by atoms with Crippen molar-refractivity contribution in [2.75, 3.05) is 6.61 Å². The Morgan fingerprint density at radius 3 is 3.00 bits per heavy atom. The van der Waals surface area contributed by atoms with Crippen LogP contribution in [0.4, 0.5) is 0 Å². The van der Waals surface area contributed by atoms with Gasteiger partial charge in [0.05, 0.1) is 6.61 Å². The molecule has 0 unspecified atom stereocenters. The molecule has 3 N–H and O–H groups in total. The zero-order valence-corrected chi connectivity index (χ0v) is 6.26. The van der Waals surface area contributed by atoms with E-state index in [0.717, 1.165) is 0 Å². The van der Waals surface area contributed by atoms with Crippen LogP contribution in [-0.4, -0.2) is 17.5 Å².